The molecule has 0 aliphatic heterocycles. The first-order chi connectivity index (χ1) is 8.15. The SMILES string of the molecule is Cc1[nH]c(=S)sc1CC(=O)OCC1CCCC1. The molecule has 0 saturated heterocycles. The van der Waals surface area contributed by atoms with Gasteiger partial charge in [-0.15, -0.1) is 11.3 Å². The fourth-order valence-electron chi connectivity index (χ4n) is 2.18. The van der Waals surface area contributed by atoms with E-state index in [9.17, 15) is 4.79 Å². The Bertz CT molecular complexity index is 444. The largest absolute Gasteiger partial charge is 0.465 e. The Kier molecular flexibility index (Phi) is 4.34. The number of thiazole rings is 1. The van der Waals surface area contributed by atoms with Gasteiger partial charge in [0.05, 0.1) is 13.0 Å². The van der Waals surface area contributed by atoms with Crippen LogP contribution in [0.3, 0.4) is 0 Å². The van der Waals surface area contributed by atoms with Crippen LogP contribution in [0.2, 0.25) is 0 Å². The number of nitrogens with one attached hydrogen (secondary N) is 1. The predicted molar refractivity (Wildman–Crippen MR) is 70.9 cm³/mol. The standard InChI is InChI=1S/C12H17NO2S2/c1-8-10(17-12(16)13-8)6-11(14)15-7-9-4-2-3-5-9/h9H,2-7H2,1H3,(H,13,16). The number of ether oxygens (including phenoxy) is 1. The van der Waals surface area contributed by atoms with Crippen LogP contribution < -0.4 is 0 Å². The second-order valence-corrected chi connectivity index (χ2v) is 6.34. The van der Waals surface area contributed by atoms with E-state index in [1.54, 1.807) is 0 Å². The molecule has 5 heteroatoms. The molecule has 1 aliphatic carbocycles. The highest BCUT2D eigenvalue weighted by Gasteiger charge is 2.17. The van der Waals surface area contributed by atoms with E-state index in [2.05, 4.69) is 4.98 Å². The normalized spacial score (nSPS) is 16.3. The highest BCUT2D eigenvalue weighted by molar-refractivity contribution is 7.73. The van der Waals surface area contributed by atoms with E-state index in [0.29, 0.717) is 18.9 Å². The van der Waals surface area contributed by atoms with Gasteiger partial charge in [-0.1, -0.05) is 12.8 Å². The van der Waals surface area contributed by atoms with E-state index < -0.39 is 0 Å². The summed E-state index contributed by atoms with van der Waals surface area (Å²) in [7, 11) is 0. The van der Waals surface area contributed by atoms with Crippen molar-refractivity contribution >= 4 is 29.5 Å². The summed E-state index contributed by atoms with van der Waals surface area (Å²) < 4.78 is 6.04. The molecule has 0 radical (unpaired) electrons. The Morgan fingerprint density at radius 1 is 1.53 bits per heavy atom. The monoisotopic (exact) mass is 271 g/mol. The highest BCUT2D eigenvalue weighted by atomic mass is 32.1. The molecular weight excluding hydrogens is 254 g/mol. The van der Waals surface area contributed by atoms with Gasteiger partial charge in [0.2, 0.25) is 0 Å². The van der Waals surface area contributed by atoms with Gasteiger partial charge in [0.25, 0.3) is 0 Å². The molecule has 1 aromatic heterocycles. The Balaban J connectivity index is 1.80. The van der Waals surface area contributed by atoms with E-state index in [1.165, 1.54) is 37.0 Å². The molecular formula is C12H17NO2S2. The Labute approximate surface area is 110 Å². The summed E-state index contributed by atoms with van der Waals surface area (Å²) in [6.45, 7) is 2.53. The van der Waals surface area contributed by atoms with Gasteiger partial charge in [-0.05, 0) is 37.9 Å². The van der Waals surface area contributed by atoms with Crippen molar-refractivity contribution < 1.29 is 9.53 Å². The van der Waals surface area contributed by atoms with Crippen LogP contribution in [0.15, 0.2) is 0 Å². The first-order valence-electron chi connectivity index (χ1n) is 5.99. The maximum Gasteiger partial charge on any atom is 0.311 e. The van der Waals surface area contributed by atoms with Crippen LogP contribution in [0.25, 0.3) is 0 Å². The lowest BCUT2D eigenvalue weighted by Gasteiger charge is -2.09. The molecule has 0 unspecified atom stereocenters. The van der Waals surface area contributed by atoms with Crippen molar-refractivity contribution in [3.8, 4) is 0 Å². The van der Waals surface area contributed by atoms with Gasteiger partial charge in [-0.25, -0.2) is 0 Å². The van der Waals surface area contributed by atoms with Gasteiger partial charge in [0, 0.05) is 10.6 Å². The lowest BCUT2D eigenvalue weighted by Crippen LogP contribution is -2.13. The maximum absolute atomic E-state index is 11.7. The van der Waals surface area contributed by atoms with Crippen molar-refractivity contribution in [2.75, 3.05) is 6.61 Å². The summed E-state index contributed by atoms with van der Waals surface area (Å²) in [6, 6.07) is 0. The van der Waals surface area contributed by atoms with E-state index in [0.717, 1.165) is 14.5 Å². The summed E-state index contributed by atoms with van der Waals surface area (Å²) >= 11 is 6.50. The smallest absolute Gasteiger partial charge is 0.311 e. The Morgan fingerprint density at radius 3 is 2.82 bits per heavy atom. The zero-order chi connectivity index (χ0) is 12.3. The third-order valence-corrected chi connectivity index (χ3v) is 4.52. The van der Waals surface area contributed by atoms with E-state index in [1.807, 2.05) is 6.92 Å². The summed E-state index contributed by atoms with van der Waals surface area (Å²) in [5.41, 5.74) is 0.984. The van der Waals surface area contributed by atoms with E-state index in [4.69, 9.17) is 17.0 Å². The third-order valence-electron chi connectivity index (χ3n) is 3.18. The van der Waals surface area contributed by atoms with Gasteiger partial charge in [0.15, 0.2) is 3.95 Å². The van der Waals surface area contributed by atoms with Crippen molar-refractivity contribution in [3.63, 3.8) is 0 Å². The van der Waals surface area contributed by atoms with E-state index in [-0.39, 0.29) is 5.97 Å². The quantitative estimate of drug-likeness (QED) is 0.674. The van der Waals surface area contributed by atoms with Crippen molar-refractivity contribution in [2.24, 2.45) is 5.92 Å². The number of esters is 1. The first-order valence-corrected chi connectivity index (χ1v) is 7.22. The molecule has 1 heterocycles. The minimum Gasteiger partial charge on any atom is -0.465 e. The number of H-pyrrole nitrogens is 1. The van der Waals surface area contributed by atoms with Crippen LogP contribution in [0.4, 0.5) is 0 Å². The van der Waals surface area contributed by atoms with Crippen molar-refractivity contribution in [1.29, 1.82) is 0 Å². The number of aromatic nitrogens is 1. The number of hydrogen-bond acceptors (Lipinski definition) is 4. The summed E-state index contributed by atoms with van der Waals surface area (Å²) in [5.74, 6) is 0.453. The van der Waals surface area contributed by atoms with Crippen LogP contribution in [0.5, 0.6) is 0 Å². The average molecular weight is 271 g/mol. The molecule has 1 N–H and O–H groups in total. The van der Waals surface area contributed by atoms with Crippen LogP contribution in [0.1, 0.15) is 36.3 Å². The summed E-state index contributed by atoms with van der Waals surface area (Å²) in [6.07, 6.45) is 5.31. The second-order valence-electron chi connectivity index (χ2n) is 4.57. The van der Waals surface area contributed by atoms with Gasteiger partial charge < -0.3 is 9.72 Å². The van der Waals surface area contributed by atoms with Crippen LogP contribution in [-0.4, -0.2) is 17.6 Å². The van der Waals surface area contributed by atoms with Crippen molar-refractivity contribution in [2.45, 2.75) is 39.0 Å². The number of hydrogen-bond donors (Lipinski definition) is 1. The van der Waals surface area contributed by atoms with Gasteiger partial charge >= 0.3 is 5.97 Å². The molecule has 0 atom stereocenters. The third kappa shape index (κ3) is 3.64. The maximum atomic E-state index is 11.7. The first kappa shape index (κ1) is 12.8. The Hall–Kier alpha value is -0.680. The van der Waals surface area contributed by atoms with Crippen LogP contribution in [-0.2, 0) is 16.0 Å². The molecule has 0 bridgehead atoms. The molecule has 1 fully saturated rings. The number of rotatable bonds is 4. The lowest BCUT2D eigenvalue weighted by atomic mass is 10.1. The lowest BCUT2D eigenvalue weighted by molar-refractivity contribution is -0.144. The van der Waals surface area contributed by atoms with Gasteiger partial charge in [-0.3, -0.25) is 4.79 Å². The molecule has 1 aliphatic rings. The minimum absolute atomic E-state index is 0.134. The summed E-state index contributed by atoms with van der Waals surface area (Å²) in [4.78, 5) is 15.7. The predicted octanol–water partition coefficient (Wildman–Crippen LogP) is 3.39. The fourth-order valence-corrected chi connectivity index (χ4v) is 3.45. The number of aromatic amines is 1. The van der Waals surface area contributed by atoms with Crippen molar-refractivity contribution in [3.05, 3.63) is 14.5 Å². The molecule has 17 heavy (non-hydrogen) atoms. The molecule has 2 rings (SSSR count). The highest BCUT2D eigenvalue weighted by Crippen LogP contribution is 2.25. The average Bonchev–Trinajstić information content (AvgIpc) is 2.87. The Morgan fingerprint density at radius 2 is 2.24 bits per heavy atom. The molecule has 94 valence electrons. The molecule has 0 amide bonds. The van der Waals surface area contributed by atoms with Crippen LogP contribution >= 0.6 is 23.6 Å². The molecule has 0 aromatic carbocycles. The molecule has 0 spiro atoms. The van der Waals surface area contributed by atoms with Gasteiger partial charge in [0.1, 0.15) is 0 Å². The molecule has 3 nitrogen and oxygen atoms in total. The number of carbonyl (C=O) groups excluding carboxylic acids is 1. The number of carbonyl (C=O) groups is 1. The van der Waals surface area contributed by atoms with Crippen LogP contribution in [0, 0.1) is 16.8 Å². The fraction of sp³-hybridized carbons (Fsp3) is 0.667. The van der Waals surface area contributed by atoms with Crippen molar-refractivity contribution in [1.82, 2.24) is 4.98 Å². The molecule has 1 saturated carbocycles. The zero-order valence-electron chi connectivity index (χ0n) is 9.95. The molecule has 1 aromatic rings. The second kappa shape index (κ2) is 5.78. The topological polar surface area (TPSA) is 42.1 Å². The zero-order valence-corrected chi connectivity index (χ0v) is 11.6. The number of aryl methyl sites for hydroxylation is 1. The summed E-state index contributed by atoms with van der Waals surface area (Å²) in [5, 5.41) is 0. The van der Waals surface area contributed by atoms with E-state index >= 15 is 0 Å². The minimum atomic E-state index is -0.134. The van der Waals surface area contributed by atoms with Gasteiger partial charge in [-0.2, -0.15) is 0 Å².